The highest BCUT2D eigenvalue weighted by Crippen LogP contribution is 2.22. The number of thioether (sulfide) groups is 1. The molecule has 15 heavy (non-hydrogen) atoms. The van der Waals surface area contributed by atoms with Crippen LogP contribution in [0.25, 0.3) is 4.96 Å². The smallest absolute Gasteiger partial charge is 0.293 e. The highest BCUT2D eigenvalue weighted by molar-refractivity contribution is 8.01. The number of nitrogens with zero attached hydrogens (tertiary/aromatic N) is 4. The lowest BCUT2D eigenvalue weighted by Gasteiger charge is -1.88. The van der Waals surface area contributed by atoms with Crippen molar-refractivity contribution in [3.8, 4) is 0 Å². The number of carbonyl (C=O) groups excluding carboxylic acids is 1. The molecule has 0 atom stereocenters. The van der Waals surface area contributed by atoms with Crippen molar-refractivity contribution in [1.29, 1.82) is 0 Å². The zero-order valence-electron chi connectivity index (χ0n) is 7.71. The predicted molar refractivity (Wildman–Crippen MR) is 56.3 cm³/mol. The first-order valence-corrected chi connectivity index (χ1v) is 5.81. The van der Waals surface area contributed by atoms with E-state index < -0.39 is 0 Å². The van der Waals surface area contributed by atoms with E-state index in [0.29, 0.717) is 15.1 Å². The fourth-order valence-electron chi connectivity index (χ4n) is 0.877. The molecule has 0 aliphatic carbocycles. The second kappa shape index (κ2) is 4.07. The first kappa shape index (κ1) is 10.2. The molecule has 0 aliphatic heterocycles. The molecule has 6 nitrogen and oxygen atoms in total. The SMILES string of the molecule is CC(=O)CSc1nn2c(=O)cnnc2s1. The Morgan fingerprint density at radius 1 is 1.67 bits per heavy atom. The number of hydrogen-bond donors (Lipinski definition) is 0. The second-order valence-electron chi connectivity index (χ2n) is 2.74. The topological polar surface area (TPSA) is 77.2 Å². The summed E-state index contributed by atoms with van der Waals surface area (Å²) in [7, 11) is 0. The van der Waals surface area contributed by atoms with Gasteiger partial charge in [-0.05, 0) is 6.92 Å². The van der Waals surface area contributed by atoms with Crippen molar-refractivity contribution in [2.75, 3.05) is 5.75 Å². The molecule has 0 bridgehead atoms. The maximum Gasteiger partial charge on any atom is 0.293 e. The van der Waals surface area contributed by atoms with Crippen LogP contribution in [0, 0.1) is 0 Å². The van der Waals surface area contributed by atoms with Crippen molar-refractivity contribution >= 4 is 33.8 Å². The third kappa shape index (κ3) is 2.21. The van der Waals surface area contributed by atoms with Gasteiger partial charge in [-0.25, -0.2) is 0 Å². The largest absolute Gasteiger partial charge is 0.299 e. The molecule has 0 saturated heterocycles. The molecule has 0 unspecified atom stereocenters. The number of carbonyl (C=O) groups is 1. The van der Waals surface area contributed by atoms with E-state index >= 15 is 0 Å². The van der Waals surface area contributed by atoms with Gasteiger partial charge in [0.15, 0.2) is 4.34 Å². The average Bonchev–Trinajstić information content (AvgIpc) is 2.59. The van der Waals surface area contributed by atoms with Gasteiger partial charge in [0.25, 0.3) is 5.56 Å². The summed E-state index contributed by atoms with van der Waals surface area (Å²) in [6, 6.07) is 0. The molecule has 2 aromatic heterocycles. The van der Waals surface area contributed by atoms with E-state index in [1.54, 1.807) is 0 Å². The standard InChI is InChI=1S/C7H6N4O2S2/c1-4(12)3-14-7-10-11-5(13)2-8-9-6(11)15-7/h2H,3H2,1H3. The summed E-state index contributed by atoms with van der Waals surface area (Å²) in [5.41, 5.74) is -0.314. The van der Waals surface area contributed by atoms with Crippen LogP contribution >= 0.6 is 23.1 Å². The van der Waals surface area contributed by atoms with Crippen LogP contribution in [0.3, 0.4) is 0 Å². The molecule has 2 rings (SSSR count). The van der Waals surface area contributed by atoms with Crippen molar-refractivity contribution in [2.24, 2.45) is 0 Å². The molecule has 2 heterocycles. The molecule has 0 amide bonds. The summed E-state index contributed by atoms with van der Waals surface area (Å²) in [5.74, 6) is 0.417. The molecule has 8 heteroatoms. The van der Waals surface area contributed by atoms with Crippen LogP contribution in [0.4, 0.5) is 0 Å². The number of Topliss-reactive ketones (excluding diaryl/α,β-unsaturated/α-hetero) is 1. The average molecular weight is 242 g/mol. The Labute approximate surface area is 92.3 Å². The van der Waals surface area contributed by atoms with E-state index in [1.165, 1.54) is 34.5 Å². The van der Waals surface area contributed by atoms with Crippen LogP contribution in [0.2, 0.25) is 0 Å². The molecule has 0 aliphatic rings. The number of hydrogen-bond acceptors (Lipinski definition) is 7. The summed E-state index contributed by atoms with van der Waals surface area (Å²) in [5, 5.41) is 11.3. The van der Waals surface area contributed by atoms with E-state index in [-0.39, 0.29) is 11.3 Å². The lowest BCUT2D eigenvalue weighted by atomic mass is 10.5. The molecule has 0 saturated carbocycles. The Hall–Kier alpha value is -1.28. The van der Waals surface area contributed by atoms with Gasteiger partial charge >= 0.3 is 0 Å². The van der Waals surface area contributed by atoms with Gasteiger partial charge in [-0.15, -0.1) is 10.2 Å². The van der Waals surface area contributed by atoms with E-state index in [4.69, 9.17) is 0 Å². The minimum Gasteiger partial charge on any atom is -0.299 e. The molecule has 0 N–H and O–H groups in total. The molecule has 0 radical (unpaired) electrons. The molecule has 0 spiro atoms. The van der Waals surface area contributed by atoms with Crippen LogP contribution in [-0.4, -0.2) is 31.3 Å². The van der Waals surface area contributed by atoms with Crippen molar-refractivity contribution in [1.82, 2.24) is 19.8 Å². The number of ketones is 1. The summed E-state index contributed by atoms with van der Waals surface area (Å²) >= 11 is 2.54. The highest BCUT2D eigenvalue weighted by atomic mass is 32.2. The Balaban J connectivity index is 2.35. The van der Waals surface area contributed by atoms with Crippen molar-refractivity contribution < 1.29 is 4.79 Å². The minimum atomic E-state index is -0.314. The van der Waals surface area contributed by atoms with Gasteiger partial charge in [-0.3, -0.25) is 9.59 Å². The Bertz CT molecular complexity index is 561. The summed E-state index contributed by atoms with van der Waals surface area (Å²) in [4.78, 5) is 22.5. The van der Waals surface area contributed by atoms with Crippen LogP contribution in [0.15, 0.2) is 15.3 Å². The van der Waals surface area contributed by atoms with Crippen LogP contribution in [0.5, 0.6) is 0 Å². The zero-order chi connectivity index (χ0) is 10.8. The van der Waals surface area contributed by atoms with Crippen LogP contribution in [0.1, 0.15) is 6.92 Å². The van der Waals surface area contributed by atoms with E-state index in [1.807, 2.05) is 0 Å². The van der Waals surface area contributed by atoms with Gasteiger partial charge in [0.1, 0.15) is 12.0 Å². The van der Waals surface area contributed by atoms with Gasteiger partial charge < -0.3 is 0 Å². The maximum absolute atomic E-state index is 11.3. The van der Waals surface area contributed by atoms with Crippen LogP contribution < -0.4 is 5.56 Å². The van der Waals surface area contributed by atoms with E-state index in [0.717, 1.165) is 6.20 Å². The molecule has 2 aromatic rings. The van der Waals surface area contributed by atoms with E-state index in [2.05, 4.69) is 15.3 Å². The van der Waals surface area contributed by atoms with Crippen molar-refractivity contribution in [3.05, 3.63) is 16.6 Å². The molecule has 0 fully saturated rings. The fourth-order valence-corrected chi connectivity index (χ4v) is 2.56. The summed E-state index contributed by atoms with van der Waals surface area (Å²) in [6.07, 6.45) is 1.10. The highest BCUT2D eigenvalue weighted by Gasteiger charge is 2.07. The predicted octanol–water partition coefficient (Wildman–Crippen LogP) is 0.227. The monoisotopic (exact) mass is 242 g/mol. The third-order valence-electron chi connectivity index (χ3n) is 1.46. The number of fused-ring (bicyclic) bond motifs is 1. The Morgan fingerprint density at radius 3 is 3.13 bits per heavy atom. The minimum absolute atomic E-state index is 0.0673. The lowest BCUT2D eigenvalue weighted by Crippen LogP contribution is -2.14. The van der Waals surface area contributed by atoms with Gasteiger partial charge in [0.05, 0.1) is 5.75 Å². The second-order valence-corrected chi connectivity index (χ2v) is 4.91. The Kier molecular flexibility index (Phi) is 2.78. The fraction of sp³-hybridized carbons (Fsp3) is 0.286. The number of aromatic nitrogens is 4. The molecular weight excluding hydrogens is 236 g/mol. The maximum atomic E-state index is 11.3. The van der Waals surface area contributed by atoms with E-state index in [9.17, 15) is 9.59 Å². The van der Waals surface area contributed by atoms with Crippen molar-refractivity contribution in [2.45, 2.75) is 11.3 Å². The first-order valence-electron chi connectivity index (χ1n) is 4.00. The van der Waals surface area contributed by atoms with Crippen LogP contribution in [-0.2, 0) is 4.79 Å². The quantitative estimate of drug-likeness (QED) is 0.717. The molecule has 0 aromatic carbocycles. The lowest BCUT2D eigenvalue weighted by molar-refractivity contribution is -0.114. The zero-order valence-corrected chi connectivity index (χ0v) is 9.34. The first-order chi connectivity index (χ1) is 7.16. The third-order valence-corrected chi connectivity index (χ3v) is 3.64. The van der Waals surface area contributed by atoms with Gasteiger partial charge in [0.2, 0.25) is 4.96 Å². The van der Waals surface area contributed by atoms with Gasteiger partial charge in [-0.2, -0.15) is 9.61 Å². The van der Waals surface area contributed by atoms with Gasteiger partial charge in [-0.1, -0.05) is 23.1 Å². The summed E-state index contributed by atoms with van der Waals surface area (Å²) < 4.78 is 1.82. The van der Waals surface area contributed by atoms with Crippen molar-refractivity contribution in [3.63, 3.8) is 0 Å². The summed E-state index contributed by atoms with van der Waals surface area (Å²) in [6.45, 7) is 1.51. The molecule has 78 valence electrons. The number of rotatable bonds is 3. The molecular formula is C7H6N4O2S2. The van der Waals surface area contributed by atoms with Gasteiger partial charge in [0, 0.05) is 0 Å². The Morgan fingerprint density at radius 2 is 2.47 bits per heavy atom. The normalized spacial score (nSPS) is 10.7.